The summed E-state index contributed by atoms with van der Waals surface area (Å²) < 4.78 is 1.34. The first-order chi connectivity index (χ1) is 10.4. The Morgan fingerprint density at radius 2 is 1.90 bits per heavy atom. The molecule has 0 spiro atoms. The number of benzene rings is 2. The third-order valence-electron chi connectivity index (χ3n) is 3.71. The molecule has 0 saturated heterocycles. The van der Waals surface area contributed by atoms with Crippen LogP contribution in [-0.2, 0) is 6.54 Å². The topological polar surface area (TPSA) is 24.9 Å². The zero-order valence-corrected chi connectivity index (χ0v) is 12.2. The van der Waals surface area contributed by atoms with E-state index in [1.54, 1.807) is 11.3 Å². The Morgan fingerprint density at radius 1 is 0.952 bits per heavy atom. The molecule has 0 unspecified atom stereocenters. The van der Waals surface area contributed by atoms with Gasteiger partial charge in [0.15, 0.2) is 0 Å². The zero-order valence-electron chi connectivity index (χ0n) is 11.4. The molecule has 0 radical (unpaired) electrons. The first-order valence-corrected chi connectivity index (χ1v) is 7.81. The van der Waals surface area contributed by atoms with Crippen LogP contribution < -0.4 is 5.32 Å². The smallest absolute Gasteiger partial charge is 0.0438 e. The van der Waals surface area contributed by atoms with E-state index in [1.165, 1.54) is 26.4 Å². The van der Waals surface area contributed by atoms with Crippen LogP contribution in [0.25, 0.3) is 20.9 Å². The summed E-state index contributed by atoms with van der Waals surface area (Å²) in [5.41, 5.74) is 2.48. The summed E-state index contributed by atoms with van der Waals surface area (Å²) in [6.07, 6.45) is 3.75. The van der Waals surface area contributed by atoms with E-state index in [2.05, 4.69) is 58.1 Å². The monoisotopic (exact) mass is 290 g/mol. The van der Waals surface area contributed by atoms with Crippen LogP contribution in [0, 0.1) is 0 Å². The van der Waals surface area contributed by atoms with Crippen LogP contribution in [0.15, 0.2) is 66.3 Å². The molecule has 2 aromatic heterocycles. The van der Waals surface area contributed by atoms with Gasteiger partial charge in [-0.1, -0.05) is 30.3 Å². The highest BCUT2D eigenvalue weighted by atomic mass is 32.1. The summed E-state index contributed by atoms with van der Waals surface area (Å²) in [4.78, 5) is 4.23. The van der Waals surface area contributed by atoms with Gasteiger partial charge in [0.05, 0.1) is 0 Å². The Hall–Kier alpha value is -2.39. The van der Waals surface area contributed by atoms with Crippen molar-refractivity contribution in [2.75, 3.05) is 5.32 Å². The molecule has 0 bridgehead atoms. The molecule has 1 N–H and O–H groups in total. The number of hydrogen-bond donors (Lipinski definition) is 1. The minimum absolute atomic E-state index is 0.831. The van der Waals surface area contributed by atoms with Crippen LogP contribution in [-0.4, -0.2) is 4.98 Å². The molecule has 2 aromatic carbocycles. The zero-order chi connectivity index (χ0) is 14.1. The van der Waals surface area contributed by atoms with Crippen molar-refractivity contribution >= 4 is 37.9 Å². The summed E-state index contributed by atoms with van der Waals surface area (Å²) in [5, 5.41) is 9.51. The quantitative estimate of drug-likeness (QED) is 0.570. The SMILES string of the molecule is c1cc(NCc2csc3ccccc23)c2cnccc2c1. The van der Waals surface area contributed by atoms with Crippen molar-refractivity contribution in [3.05, 3.63) is 71.9 Å². The lowest BCUT2D eigenvalue weighted by molar-refractivity contribution is 1.18. The summed E-state index contributed by atoms with van der Waals surface area (Å²) in [7, 11) is 0. The number of pyridine rings is 1. The van der Waals surface area contributed by atoms with E-state index >= 15 is 0 Å². The molecule has 0 amide bonds. The van der Waals surface area contributed by atoms with E-state index in [0.29, 0.717) is 0 Å². The van der Waals surface area contributed by atoms with Crippen molar-refractivity contribution in [1.82, 2.24) is 4.98 Å². The van der Waals surface area contributed by atoms with Gasteiger partial charge in [0.1, 0.15) is 0 Å². The van der Waals surface area contributed by atoms with Gasteiger partial charge in [0, 0.05) is 34.7 Å². The van der Waals surface area contributed by atoms with Crippen LogP contribution >= 0.6 is 11.3 Å². The molecule has 2 nitrogen and oxygen atoms in total. The summed E-state index contributed by atoms with van der Waals surface area (Å²) in [5.74, 6) is 0. The van der Waals surface area contributed by atoms with E-state index < -0.39 is 0 Å². The van der Waals surface area contributed by atoms with E-state index in [-0.39, 0.29) is 0 Å². The van der Waals surface area contributed by atoms with Gasteiger partial charge in [-0.25, -0.2) is 0 Å². The Balaban J connectivity index is 1.67. The number of rotatable bonds is 3. The van der Waals surface area contributed by atoms with Gasteiger partial charge in [0.25, 0.3) is 0 Å². The number of fused-ring (bicyclic) bond motifs is 2. The van der Waals surface area contributed by atoms with Gasteiger partial charge in [-0.15, -0.1) is 11.3 Å². The van der Waals surface area contributed by atoms with E-state index in [0.717, 1.165) is 12.2 Å². The van der Waals surface area contributed by atoms with E-state index in [9.17, 15) is 0 Å². The maximum Gasteiger partial charge on any atom is 0.0438 e. The van der Waals surface area contributed by atoms with Gasteiger partial charge in [-0.3, -0.25) is 4.98 Å². The summed E-state index contributed by atoms with van der Waals surface area (Å²) in [6, 6.07) is 16.9. The number of aromatic nitrogens is 1. The molecule has 4 rings (SSSR count). The lowest BCUT2D eigenvalue weighted by atomic mass is 10.1. The highest BCUT2D eigenvalue weighted by Crippen LogP contribution is 2.27. The molecule has 0 saturated carbocycles. The summed E-state index contributed by atoms with van der Waals surface area (Å²) in [6.45, 7) is 0.831. The number of nitrogens with one attached hydrogen (secondary N) is 1. The number of thiophene rings is 1. The van der Waals surface area contributed by atoms with Crippen LogP contribution in [0.5, 0.6) is 0 Å². The van der Waals surface area contributed by atoms with Gasteiger partial charge in [-0.2, -0.15) is 0 Å². The molecule has 0 fully saturated rings. The third kappa shape index (κ3) is 2.26. The average molecular weight is 290 g/mol. The van der Waals surface area contributed by atoms with Gasteiger partial charge >= 0.3 is 0 Å². The van der Waals surface area contributed by atoms with Crippen LogP contribution in [0.2, 0.25) is 0 Å². The molecule has 0 aliphatic heterocycles. The van der Waals surface area contributed by atoms with Crippen molar-refractivity contribution in [3.63, 3.8) is 0 Å². The van der Waals surface area contributed by atoms with Crippen molar-refractivity contribution in [2.45, 2.75) is 6.54 Å². The van der Waals surface area contributed by atoms with Crippen LogP contribution in [0.3, 0.4) is 0 Å². The standard InChI is InChI=1S/C18H14N2S/c1-2-7-18-15(5-1)14(12-21-18)10-20-17-6-3-4-13-8-9-19-11-16(13)17/h1-9,11-12,20H,10H2. The fourth-order valence-corrected chi connectivity index (χ4v) is 3.59. The molecule has 0 atom stereocenters. The molecule has 0 aliphatic carbocycles. The summed E-state index contributed by atoms with van der Waals surface area (Å²) >= 11 is 1.80. The van der Waals surface area contributed by atoms with E-state index in [1.807, 2.05) is 18.5 Å². The molecule has 102 valence electrons. The fourth-order valence-electron chi connectivity index (χ4n) is 2.63. The predicted molar refractivity (Wildman–Crippen MR) is 90.9 cm³/mol. The van der Waals surface area contributed by atoms with E-state index in [4.69, 9.17) is 0 Å². The van der Waals surface area contributed by atoms with Gasteiger partial charge < -0.3 is 5.32 Å². The fraction of sp³-hybridized carbons (Fsp3) is 0.0556. The second-order valence-corrected chi connectivity index (χ2v) is 5.92. The first-order valence-electron chi connectivity index (χ1n) is 6.93. The molecule has 21 heavy (non-hydrogen) atoms. The molecular weight excluding hydrogens is 276 g/mol. The van der Waals surface area contributed by atoms with Crippen LogP contribution in [0.1, 0.15) is 5.56 Å². The molecule has 3 heteroatoms. The van der Waals surface area contributed by atoms with Crippen LogP contribution in [0.4, 0.5) is 5.69 Å². The number of hydrogen-bond acceptors (Lipinski definition) is 3. The maximum atomic E-state index is 4.23. The Labute approximate surface area is 127 Å². The first kappa shape index (κ1) is 12.4. The Bertz CT molecular complexity index is 906. The maximum absolute atomic E-state index is 4.23. The lowest BCUT2D eigenvalue weighted by Crippen LogP contribution is -1.99. The second-order valence-electron chi connectivity index (χ2n) is 5.01. The van der Waals surface area contributed by atoms with Crippen molar-refractivity contribution in [3.8, 4) is 0 Å². The predicted octanol–water partition coefficient (Wildman–Crippen LogP) is 5.06. The number of anilines is 1. The Morgan fingerprint density at radius 3 is 2.90 bits per heavy atom. The molecular formula is C18H14N2S. The minimum atomic E-state index is 0.831. The second kappa shape index (κ2) is 5.19. The highest BCUT2D eigenvalue weighted by Gasteiger charge is 2.04. The average Bonchev–Trinajstić information content (AvgIpc) is 2.96. The molecule has 0 aliphatic rings. The Kier molecular flexibility index (Phi) is 3.05. The third-order valence-corrected chi connectivity index (χ3v) is 4.73. The van der Waals surface area contributed by atoms with Crippen molar-refractivity contribution in [1.29, 1.82) is 0 Å². The van der Waals surface area contributed by atoms with Gasteiger partial charge in [0.2, 0.25) is 0 Å². The largest absolute Gasteiger partial charge is 0.380 e. The van der Waals surface area contributed by atoms with Gasteiger partial charge in [-0.05, 0) is 39.9 Å². The molecule has 2 heterocycles. The molecule has 4 aromatic rings. The number of nitrogens with zero attached hydrogens (tertiary/aromatic N) is 1. The highest BCUT2D eigenvalue weighted by molar-refractivity contribution is 7.17. The lowest BCUT2D eigenvalue weighted by Gasteiger charge is -2.09. The van der Waals surface area contributed by atoms with Crippen molar-refractivity contribution in [2.24, 2.45) is 0 Å². The minimum Gasteiger partial charge on any atom is -0.380 e. The normalized spacial score (nSPS) is 11.0. The van der Waals surface area contributed by atoms with Crippen molar-refractivity contribution < 1.29 is 0 Å².